The Balaban J connectivity index is 1.67. The lowest BCUT2D eigenvalue weighted by Gasteiger charge is -2.31. The number of halogens is 2. The Morgan fingerprint density at radius 1 is 0.543 bits per heavy atom. The molecule has 0 saturated heterocycles. The minimum Gasteiger partial charge on any atom is -0.247 e. The first kappa shape index (κ1) is 22.2. The van der Waals surface area contributed by atoms with E-state index in [-0.39, 0.29) is 0 Å². The second kappa shape index (κ2) is 8.45. The first-order chi connectivity index (χ1) is 17.1. The monoisotopic (exact) mass is 464 g/mol. The summed E-state index contributed by atoms with van der Waals surface area (Å²) in [4.78, 5) is 0. The van der Waals surface area contributed by atoms with E-state index >= 15 is 0 Å². The lowest BCUT2D eigenvalue weighted by Crippen LogP contribution is -2.26. The molecule has 176 valence electrons. The smallest absolute Gasteiger partial charge is 0.104 e. The van der Waals surface area contributed by atoms with Crippen molar-refractivity contribution in [3.63, 3.8) is 0 Å². The molecule has 1 spiro atoms. The molecular weight excluding hydrogens is 434 g/mol. The number of fused-ring (bicyclic) bond motifs is 10. The van der Waals surface area contributed by atoms with Crippen LogP contribution in [0.4, 0.5) is 8.78 Å². The second-order valence-electron chi connectivity index (χ2n) is 10.0. The third kappa shape index (κ3) is 3.22. The third-order valence-corrected chi connectivity index (χ3v) is 8.02. The molecule has 0 heterocycles. The van der Waals surface area contributed by atoms with Crippen LogP contribution in [0.2, 0.25) is 0 Å². The third-order valence-electron chi connectivity index (χ3n) is 8.02. The van der Waals surface area contributed by atoms with E-state index in [2.05, 4.69) is 84.9 Å². The van der Waals surface area contributed by atoms with Gasteiger partial charge in [0.25, 0.3) is 0 Å². The lowest BCUT2D eigenvalue weighted by atomic mass is 9.70. The first-order valence-corrected chi connectivity index (χ1v) is 12.8. The highest BCUT2D eigenvalue weighted by Gasteiger charge is 2.51. The fourth-order valence-electron chi connectivity index (χ4n) is 6.29. The van der Waals surface area contributed by atoms with Gasteiger partial charge in [0.15, 0.2) is 0 Å². The van der Waals surface area contributed by atoms with Gasteiger partial charge in [-0.05, 0) is 68.5 Å². The average molecular weight is 465 g/mol. The molecule has 0 amide bonds. The number of hydrogen-bond acceptors (Lipinski definition) is 0. The minimum atomic E-state index is -0.849. The summed E-state index contributed by atoms with van der Waals surface area (Å²) in [6.07, 6.45) is 0.171. The van der Waals surface area contributed by atoms with Crippen molar-refractivity contribution < 1.29 is 8.78 Å². The van der Waals surface area contributed by atoms with E-state index in [1.807, 2.05) is 13.8 Å². The molecule has 0 bridgehead atoms. The van der Waals surface area contributed by atoms with Crippen molar-refractivity contribution >= 4 is 0 Å². The van der Waals surface area contributed by atoms with Gasteiger partial charge in [-0.1, -0.05) is 98.8 Å². The van der Waals surface area contributed by atoms with Gasteiger partial charge in [-0.3, -0.25) is 0 Å². The zero-order chi connectivity index (χ0) is 24.2. The summed E-state index contributed by atoms with van der Waals surface area (Å²) in [7, 11) is 0. The van der Waals surface area contributed by atoms with Crippen molar-refractivity contribution in [2.45, 2.75) is 57.3 Å². The highest BCUT2D eigenvalue weighted by Crippen LogP contribution is 2.62. The van der Waals surface area contributed by atoms with Gasteiger partial charge in [-0.25, -0.2) is 8.78 Å². The quantitative estimate of drug-likeness (QED) is 0.231. The topological polar surface area (TPSA) is 0 Å². The summed E-state index contributed by atoms with van der Waals surface area (Å²) in [6.45, 7) is 3.80. The summed E-state index contributed by atoms with van der Waals surface area (Å²) >= 11 is 0. The number of hydrogen-bond donors (Lipinski definition) is 0. The van der Waals surface area contributed by atoms with Crippen molar-refractivity contribution in [1.29, 1.82) is 0 Å². The molecule has 4 aromatic rings. The van der Waals surface area contributed by atoms with Gasteiger partial charge >= 0.3 is 0 Å². The molecule has 2 aliphatic carbocycles. The molecule has 2 unspecified atom stereocenters. The average Bonchev–Trinajstić information content (AvgIpc) is 3.35. The van der Waals surface area contributed by atoms with E-state index < -0.39 is 17.8 Å². The summed E-state index contributed by atoms with van der Waals surface area (Å²) < 4.78 is 28.9. The van der Waals surface area contributed by atoms with Gasteiger partial charge in [-0.2, -0.15) is 0 Å². The zero-order valence-electron chi connectivity index (χ0n) is 20.3. The maximum atomic E-state index is 14.5. The molecular formula is C33H30F2. The van der Waals surface area contributed by atoms with Crippen LogP contribution in [-0.2, 0) is 18.3 Å². The molecule has 2 aliphatic rings. The molecule has 0 aromatic heterocycles. The van der Waals surface area contributed by atoms with Gasteiger partial charge in [-0.15, -0.1) is 0 Å². The maximum absolute atomic E-state index is 14.5. The van der Waals surface area contributed by atoms with E-state index in [0.29, 0.717) is 25.7 Å². The van der Waals surface area contributed by atoms with E-state index in [1.54, 1.807) is 0 Å². The Kier molecular flexibility index (Phi) is 5.36. The van der Waals surface area contributed by atoms with Gasteiger partial charge in [0.1, 0.15) is 12.3 Å². The highest BCUT2D eigenvalue weighted by atomic mass is 19.1. The number of rotatable bonds is 6. The van der Waals surface area contributed by atoms with Crippen LogP contribution in [0.1, 0.15) is 60.1 Å². The van der Waals surface area contributed by atoms with E-state index in [4.69, 9.17) is 0 Å². The minimum absolute atomic E-state index is 0.421. The molecule has 0 saturated carbocycles. The fraction of sp³-hybridized carbons (Fsp3) is 0.273. The molecule has 0 fully saturated rings. The molecule has 0 N–H and O–H groups in total. The van der Waals surface area contributed by atoms with Crippen molar-refractivity contribution in [1.82, 2.24) is 0 Å². The van der Waals surface area contributed by atoms with Crippen molar-refractivity contribution in [3.05, 3.63) is 118 Å². The summed E-state index contributed by atoms with van der Waals surface area (Å²) in [5.41, 5.74) is 11.4. The van der Waals surface area contributed by atoms with E-state index in [0.717, 1.165) is 11.1 Å². The standard InChI is InChI=1S/C33H30F2/c1-3-23(34)17-21-13-15-27-28-16-14-22(18-24(35)4-2)20-32(28)33(31(27)19-21)29-11-7-5-9-25(29)26-10-6-8-12-30(26)33/h5-16,19-20,23-24H,3-4,17-18H2,1-2H3. The molecule has 0 radical (unpaired) electrons. The van der Waals surface area contributed by atoms with Crippen molar-refractivity contribution in [2.24, 2.45) is 0 Å². The zero-order valence-corrected chi connectivity index (χ0v) is 20.3. The Morgan fingerprint density at radius 3 is 1.37 bits per heavy atom. The second-order valence-corrected chi connectivity index (χ2v) is 10.0. The molecule has 0 aliphatic heterocycles. The van der Waals surface area contributed by atoms with Crippen LogP contribution in [-0.4, -0.2) is 12.3 Å². The van der Waals surface area contributed by atoms with E-state index in [1.165, 1.54) is 44.5 Å². The van der Waals surface area contributed by atoms with Crippen LogP contribution in [0.5, 0.6) is 0 Å². The lowest BCUT2D eigenvalue weighted by molar-refractivity contribution is 0.322. The van der Waals surface area contributed by atoms with Crippen molar-refractivity contribution in [2.75, 3.05) is 0 Å². The van der Waals surface area contributed by atoms with Gasteiger partial charge in [0.2, 0.25) is 0 Å². The Bertz CT molecular complexity index is 1310. The van der Waals surface area contributed by atoms with Crippen LogP contribution < -0.4 is 0 Å². The predicted octanol–water partition coefficient (Wildman–Crippen LogP) is 8.61. The van der Waals surface area contributed by atoms with Crippen LogP contribution in [0.3, 0.4) is 0 Å². The van der Waals surface area contributed by atoms with Gasteiger partial charge in [0, 0.05) is 12.8 Å². The first-order valence-electron chi connectivity index (χ1n) is 12.8. The van der Waals surface area contributed by atoms with Crippen LogP contribution in [0, 0.1) is 0 Å². The van der Waals surface area contributed by atoms with Crippen LogP contribution in [0.15, 0.2) is 84.9 Å². The SMILES string of the molecule is CCC(F)Cc1ccc2c(c1)C1(c3ccccc3-c3ccccc31)c1cc(CC(F)CC)ccc1-2. The highest BCUT2D eigenvalue weighted by molar-refractivity contribution is 5.95. The van der Waals surface area contributed by atoms with Crippen molar-refractivity contribution in [3.8, 4) is 22.3 Å². The van der Waals surface area contributed by atoms with E-state index in [9.17, 15) is 8.78 Å². The molecule has 2 heteroatoms. The summed E-state index contributed by atoms with van der Waals surface area (Å²) in [5, 5.41) is 0. The molecule has 35 heavy (non-hydrogen) atoms. The van der Waals surface area contributed by atoms with Crippen LogP contribution >= 0.6 is 0 Å². The summed E-state index contributed by atoms with van der Waals surface area (Å²) in [5.74, 6) is 0. The Hall–Kier alpha value is -3.26. The number of benzene rings is 4. The molecule has 2 atom stereocenters. The van der Waals surface area contributed by atoms with Gasteiger partial charge < -0.3 is 0 Å². The normalized spacial score (nSPS) is 15.9. The number of alkyl halides is 2. The van der Waals surface area contributed by atoms with Crippen LogP contribution in [0.25, 0.3) is 22.3 Å². The molecule has 0 nitrogen and oxygen atoms in total. The molecule has 6 rings (SSSR count). The predicted molar refractivity (Wildman–Crippen MR) is 141 cm³/mol. The molecule has 4 aromatic carbocycles. The Morgan fingerprint density at radius 2 is 0.943 bits per heavy atom. The maximum Gasteiger partial charge on any atom is 0.104 e. The Labute approximate surface area is 206 Å². The van der Waals surface area contributed by atoms with Gasteiger partial charge in [0.05, 0.1) is 5.41 Å². The fourth-order valence-corrected chi connectivity index (χ4v) is 6.29. The largest absolute Gasteiger partial charge is 0.247 e. The summed E-state index contributed by atoms with van der Waals surface area (Å²) in [6, 6.07) is 30.3.